The molecule has 0 spiro atoms. The number of benzene rings is 1. The van der Waals surface area contributed by atoms with Gasteiger partial charge in [0.15, 0.2) is 0 Å². The molecule has 1 atom stereocenters. The monoisotopic (exact) mass is 270 g/mol. The molecular weight excluding hydrogens is 252 g/mol. The molecule has 1 saturated heterocycles. The molecule has 1 aromatic rings. The number of anilines is 1. The molecule has 0 amide bonds. The van der Waals surface area contributed by atoms with Crippen LogP contribution in [0.15, 0.2) is 24.3 Å². The molecule has 1 aliphatic heterocycles. The first-order valence-electron chi connectivity index (χ1n) is 6.21. The summed E-state index contributed by atoms with van der Waals surface area (Å²) in [4.78, 5) is 4.48. The molecule has 0 radical (unpaired) electrons. The first kappa shape index (κ1) is 13.6. The number of aliphatic hydroxyl groups is 2. The quantitative estimate of drug-likeness (QED) is 0.850. The third-order valence-corrected chi connectivity index (χ3v) is 3.50. The topological polar surface area (TPSA) is 46.9 Å². The fraction of sp³-hybridized carbons (Fsp3) is 0.538. The minimum Gasteiger partial charge on any atom is -0.394 e. The van der Waals surface area contributed by atoms with Gasteiger partial charge in [0.2, 0.25) is 0 Å². The molecule has 1 aromatic carbocycles. The van der Waals surface area contributed by atoms with Crippen LogP contribution in [-0.4, -0.2) is 60.5 Å². The molecule has 100 valence electrons. The van der Waals surface area contributed by atoms with E-state index in [1.165, 1.54) is 5.69 Å². The number of nitrogens with zero attached hydrogens (tertiary/aromatic N) is 2. The van der Waals surface area contributed by atoms with Gasteiger partial charge < -0.3 is 15.1 Å². The molecule has 5 heteroatoms. The average Bonchev–Trinajstić information content (AvgIpc) is 2.40. The largest absolute Gasteiger partial charge is 0.394 e. The number of hydrogen-bond acceptors (Lipinski definition) is 4. The van der Waals surface area contributed by atoms with E-state index in [0.717, 1.165) is 31.2 Å². The summed E-state index contributed by atoms with van der Waals surface area (Å²) in [6, 6.07) is 7.86. The Hall–Kier alpha value is -0.810. The first-order chi connectivity index (χ1) is 8.69. The van der Waals surface area contributed by atoms with E-state index in [4.69, 9.17) is 16.7 Å². The summed E-state index contributed by atoms with van der Waals surface area (Å²) in [7, 11) is 0. The molecule has 0 bridgehead atoms. The van der Waals surface area contributed by atoms with Crippen molar-refractivity contribution in [1.29, 1.82) is 0 Å². The van der Waals surface area contributed by atoms with E-state index >= 15 is 0 Å². The Labute approximate surface area is 112 Å². The van der Waals surface area contributed by atoms with Gasteiger partial charge in [-0.15, -0.1) is 0 Å². The first-order valence-corrected chi connectivity index (χ1v) is 6.58. The van der Waals surface area contributed by atoms with Crippen LogP contribution in [0.3, 0.4) is 0 Å². The zero-order chi connectivity index (χ0) is 13.0. The van der Waals surface area contributed by atoms with Gasteiger partial charge in [-0.2, -0.15) is 0 Å². The third kappa shape index (κ3) is 3.59. The van der Waals surface area contributed by atoms with Crippen LogP contribution in [0.4, 0.5) is 5.69 Å². The maximum atomic E-state index is 9.40. The molecule has 0 aromatic heterocycles. The van der Waals surface area contributed by atoms with Gasteiger partial charge in [-0.05, 0) is 24.3 Å². The summed E-state index contributed by atoms with van der Waals surface area (Å²) < 4.78 is 0. The number of halogens is 1. The van der Waals surface area contributed by atoms with Crippen LogP contribution >= 0.6 is 11.6 Å². The van der Waals surface area contributed by atoms with Gasteiger partial charge in [-0.1, -0.05) is 11.6 Å². The second kappa shape index (κ2) is 6.38. The molecule has 0 aliphatic carbocycles. The minimum atomic E-state index is -0.632. The van der Waals surface area contributed by atoms with Crippen LogP contribution in [0.25, 0.3) is 0 Å². The molecule has 1 fully saturated rings. The van der Waals surface area contributed by atoms with E-state index in [2.05, 4.69) is 9.80 Å². The predicted octanol–water partition coefficient (Wildman–Crippen LogP) is 0.815. The molecule has 0 unspecified atom stereocenters. The Kier molecular flexibility index (Phi) is 4.83. The second-order valence-corrected chi connectivity index (χ2v) is 5.04. The van der Waals surface area contributed by atoms with Gasteiger partial charge in [0.1, 0.15) is 0 Å². The number of aliphatic hydroxyl groups excluding tert-OH is 2. The Morgan fingerprint density at radius 2 is 1.72 bits per heavy atom. The van der Waals surface area contributed by atoms with Crippen molar-refractivity contribution in [1.82, 2.24) is 4.90 Å². The van der Waals surface area contributed by atoms with Gasteiger partial charge in [0.25, 0.3) is 0 Å². The van der Waals surface area contributed by atoms with Crippen LogP contribution < -0.4 is 4.90 Å². The summed E-state index contributed by atoms with van der Waals surface area (Å²) >= 11 is 5.87. The lowest BCUT2D eigenvalue weighted by molar-refractivity contribution is 0.0575. The molecular formula is C13H19ClN2O2. The van der Waals surface area contributed by atoms with E-state index in [9.17, 15) is 5.11 Å². The summed E-state index contributed by atoms with van der Waals surface area (Å²) in [6.07, 6.45) is -0.632. The van der Waals surface area contributed by atoms with Crippen LogP contribution in [0.1, 0.15) is 0 Å². The van der Waals surface area contributed by atoms with Crippen molar-refractivity contribution in [2.75, 3.05) is 44.2 Å². The third-order valence-electron chi connectivity index (χ3n) is 3.24. The average molecular weight is 271 g/mol. The van der Waals surface area contributed by atoms with Crippen molar-refractivity contribution in [3.05, 3.63) is 29.3 Å². The van der Waals surface area contributed by atoms with Crippen LogP contribution in [0.5, 0.6) is 0 Å². The minimum absolute atomic E-state index is 0.169. The molecule has 1 aliphatic rings. The Bertz CT molecular complexity index is 364. The molecule has 2 rings (SSSR count). The van der Waals surface area contributed by atoms with E-state index in [0.29, 0.717) is 6.54 Å². The van der Waals surface area contributed by atoms with E-state index in [1.54, 1.807) is 0 Å². The SMILES string of the molecule is OC[C@H](O)CN1CCN(c2ccc(Cl)cc2)CC1. The van der Waals surface area contributed by atoms with Crippen LogP contribution in [-0.2, 0) is 0 Å². The van der Waals surface area contributed by atoms with Crippen molar-refractivity contribution in [3.63, 3.8) is 0 Å². The summed E-state index contributed by atoms with van der Waals surface area (Å²) in [5.74, 6) is 0. The Morgan fingerprint density at radius 1 is 1.11 bits per heavy atom. The highest BCUT2D eigenvalue weighted by atomic mass is 35.5. The van der Waals surface area contributed by atoms with Crippen LogP contribution in [0, 0.1) is 0 Å². The lowest BCUT2D eigenvalue weighted by atomic mass is 10.2. The molecule has 2 N–H and O–H groups in total. The number of β-amino-alcohol motifs (C(OH)–C–C–N with tert-alkyl or cyclic N) is 1. The van der Waals surface area contributed by atoms with Gasteiger partial charge in [0.05, 0.1) is 12.7 Å². The maximum absolute atomic E-state index is 9.40. The van der Waals surface area contributed by atoms with Crippen molar-refractivity contribution >= 4 is 17.3 Å². The molecule has 4 nitrogen and oxygen atoms in total. The van der Waals surface area contributed by atoms with Crippen molar-refractivity contribution in [3.8, 4) is 0 Å². The maximum Gasteiger partial charge on any atom is 0.0897 e. The number of rotatable bonds is 4. The Morgan fingerprint density at radius 3 is 2.28 bits per heavy atom. The molecule has 1 heterocycles. The van der Waals surface area contributed by atoms with E-state index in [1.807, 2.05) is 24.3 Å². The fourth-order valence-electron chi connectivity index (χ4n) is 2.20. The Balaban J connectivity index is 1.84. The fourth-order valence-corrected chi connectivity index (χ4v) is 2.32. The summed E-state index contributed by atoms with van der Waals surface area (Å²) in [6.45, 7) is 4.04. The normalized spacial score (nSPS) is 18.9. The standard InChI is InChI=1S/C13H19ClN2O2/c14-11-1-3-12(4-2-11)16-7-5-15(6-8-16)9-13(18)10-17/h1-4,13,17-18H,5-10H2/t13-/m1/s1. The second-order valence-electron chi connectivity index (χ2n) is 4.60. The summed E-state index contributed by atoms with van der Waals surface area (Å²) in [5, 5.41) is 19.0. The van der Waals surface area contributed by atoms with Gasteiger partial charge in [-0.25, -0.2) is 0 Å². The summed E-state index contributed by atoms with van der Waals surface area (Å²) in [5.41, 5.74) is 1.18. The van der Waals surface area contributed by atoms with Gasteiger partial charge in [0, 0.05) is 43.4 Å². The number of hydrogen-bond donors (Lipinski definition) is 2. The van der Waals surface area contributed by atoms with Gasteiger partial charge >= 0.3 is 0 Å². The predicted molar refractivity (Wildman–Crippen MR) is 73.2 cm³/mol. The lowest BCUT2D eigenvalue weighted by Crippen LogP contribution is -2.49. The zero-order valence-corrected chi connectivity index (χ0v) is 11.1. The van der Waals surface area contributed by atoms with E-state index in [-0.39, 0.29) is 6.61 Å². The highest BCUT2D eigenvalue weighted by Gasteiger charge is 2.18. The lowest BCUT2D eigenvalue weighted by Gasteiger charge is -2.36. The van der Waals surface area contributed by atoms with E-state index < -0.39 is 6.10 Å². The molecule has 18 heavy (non-hydrogen) atoms. The van der Waals surface area contributed by atoms with Crippen molar-refractivity contribution in [2.24, 2.45) is 0 Å². The van der Waals surface area contributed by atoms with Crippen molar-refractivity contribution in [2.45, 2.75) is 6.10 Å². The van der Waals surface area contributed by atoms with Crippen LogP contribution in [0.2, 0.25) is 5.02 Å². The van der Waals surface area contributed by atoms with Crippen molar-refractivity contribution < 1.29 is 10.2 Å². The van der Waals surface area contributed by atoms with Gasteiger partial charge in [-0.3, -0.25) is 4.90 Å². The zero-order valence-electron chi connectivity index (χ0n) is 10.3. The smallest absolute Gasteiger partial charge is 0.0897 e. The highest BCUT2D eigenvalue weighted by Crippen LogP contribution is 2.19. The number of piperazine rings is 1. The highest BCUT2D eigenvalue weighted by molar-refractivity contribution is 6.30. The molecule has 0 saturated carbocycles.